The second kappa shape index (κ2) is 7.12. The van der Waals surface area contributed by atoms with E-state index in [-0.39, 0.29) is 11.8 Å². The summed E-state index contributed by atoms with van der Waals surface area (Å²) in [6.45, 7) is 2.88. The van der Waals surface area contributed by atoms with Crippen LogP contribution in [0.3, 0.4) is 0 Å². The molecule has 132 valence electrons. The predicted octanol–water partition coefficient (Wildman–Crippen LogP) is 2.15. The van der Waals surface area contributed by atoms with E-state index in [1.54, 1.807) is 6.20 Å². The van der Waals surface area contributed by atoms with Gasteiger partial charge in [0.2, 0.25) is 5.91 Å². The van der Waals surface area contributed by atoms with Gasteiger partial charge >= 0.3 is 0 Å². The number of rotatable bonds is 2. The van der Waals surface area contributed by atoms with Crippen LogP contribution in [0.15, 0.2) is 36.7 Å². The molecule has 1 unspecified atom stereocenters. The fraction of sp³-hybridized carbons (Fsp3) is 0.400. The second-order valence-corrected chi connectivity index (χ2v) is 6.90. The van der Waals surface area contributed by atoms with Crippen LogP contribution in [-0.4, -0.2) is 40.4 Å². The molecule has 1 aromatic heterocycles. The van der Waals surface area contributed by atoms with E-state index in [1.165, 1.54) is 17.3 Å². The highest BCUT2D eigenvalue weighted by molar-refractivity contribution is 5.80. The molecule has 0 N–H and O–H groups in total. The summed E-state index contributed by atoms with van der Waals surface area (Å²) in [6.07, 6.45) is 5.85. The van der Waals surface area contributed by atoms with Crippen LogP contribution in [0, 0.1) is 17.2 Å². The quantitative estimate of drug-likeness (QED) is 0.832. The van der Waals surface area contributed by atoms with Crippen LogP contribution < -0.4 is 4.90 Å². The van der Waals surface area contributed by atoms with Crippen LogP contribution >= 0.6 is 0 Å². The van der Waals surface area contributed by atoms with Gasteiger partial charge in [0.15, 0.2) is 11.5 Å². The van der Waals surface area contributed by atoms with E-state index in [4.69, 9.17) is 0 Å². The molecule has 26 heavy (non-hydrogen) atoms. The van der Waals surface area contributed by atoms with Gasteiger partial charge in [0.25, 0.3) is 0 Å². The first-order valence-electron chi connectivity index (χ1n) is 9.08. The van der Waals surface area contributed by atoms with Crippen LogP contribution in [0.4, 0.5) is 5.82 Å². The Balaban J connectivity index is 1.48. The Morgan fingerprint density at radius 3 is 2.81 bits per heavy atom. The summed E-state index contributed by atoms with van der Waals surface area (Å²) in [5.74, 6) is 0.755. The molecule has 2 aliphatic rings. The number of anilines is 1. The highest BCUT2D eigenvalue weighted by Crippen LogP contribution is 2.26. The fourth-order valence-electron chi connectivity index (χ4n) is 3.95. The zero-order chi connectivity index (χ0) is 17.9. The average Bonchev–Trinajstić information content (AvgIpc) is 2.73. The van der Waals surface area contributed by atoms with E-state index in [1.807, 2.05) is 15.9 Å². The minimum Gasteiger partial charge on any atom is -0.353 e. The molecule has 0 radical (unpaired) electrons. The third kappa shape index (κ3) is 3.13. The average molecular weight is 347 g/mol. The smallest absolute Gasteiger partial charge is 0.227 e. The summed E-state index contributed by atoms with van der Waals surface area (Å²) >= 11 is 0. The predicted molar refractivity (Wildman–Crippen MR) is 97.2 cm³/mol. The largest absolute Gasteiger partial charge is 0.353 e. The number of nitriles is 1. The van der Waals surface area contributed by atoms with Crippen molar-refractivity contribution in [3.8, 4) is 6.07 Å². The van der Waals surface area contributed by atoms with E-state index in [2.05, 4.69) is 34.2 Å². The molecule has 2 aliphatic heterocycles. The first-order valence-corrected chi connectivity index (χ1v) is 9.08. The molecule has 0 bridgehead atoms. The lowest BCUT2D eigenvalue weighted by atomic mass is 9.94. The maximum atomic E-state index is 13.1. The van der Waals surface area contributed by atoms with Gasteiger partial charge in [-0.05, 0) is 30.4 Å². The van der Waals surface area contributed by atoms with E-state index < -0.39 is 0 Å². The number of carbonyl (C=O) groups excluding carboxylic acids is 1. The Labute approximate surface area is 153 Å². The number of hydrogen-bond acceptors (Lipinski definition) is 5. The van der Waals surface area contributed by atoms with E-state index >= 15 is 0 Å². The van der Waals surface area contributed by atoms with Crippen LogP contribution in [0.5, 0.6) is 0 Å². The second-order valence-electron chi connectivity index (χ2n) is 6.90. The van der Waals surface area contributed by atoms with Gasteiger partial charge in [0, 0.05) is 38.6 Å². The van der Waals surface area contributed by atoms with Gasteiger partial charge in [-0.1, -0.05) is 24.3 Å². The van der Waals surface area contributed by atoms with Crippen LogP contribution in [-0.2, 0) is 17.8 Å². The van der Waals surface area contributed by atoms with Crippen molar-refractivity contribution in [2.24, 2.45) is 5.92 Å². The van der Waals surface area contributed by atoms with Crippen LogP contribution in [0.1, 0.15) is 29.7 Å². The molecule has 6 nitrogen and oxygen atoms in total. The number of benzene rings is 1. The summed E-state index contributed by atoms with van der Waals surface area (Å²) < 4.78 is 0. The lowest BCUT2D eigenvalue weighted by molar-refractivity contribution is -0.136. The third-order valence-corrected chi connectivity index (χ3v) is 5.30. The van der Waals surface area contributed by atoms with Gasteiger partial charge in [-0.2, -0.15) is 5.26 Å². The number of amides is 1. The minimum absolute atomic E-state index is 0.0532. The summed E-state index contributed by atoms with van der Waals surface area (Å²) in [6, 6.07) is 10.5. The zero-order valence-electron chi connectivity index (χ0n) is 14.6. The fourth-order valence-corrected chi connectivity index (χ4v) is 3.95. The van der Waals surface area contributed by atoms with E-state index in [9.17, 15) is 10.1 Å². The molecule has 6 heteroatoms. The monoisotopic (exact) mass is 347 g/mol. The lowest BCUT2D eigenvalue weighted by Crippen LogP contribution is -2.46. The molecule has 1 amide bonds. The molecule has 2 aromatic rings. The van der Waals surface area contributed by atoms with Crippen molar-refractivity contribution in [3.05, 3.63) is 53.5 Å². The van der Waals surface area contributed by atoms with Gasteiger partial charge < -0.3 is 9.80 Å². The molecule has 4 rings (SSSR count). The number of hydrogen-bond donors (Lipinski definition) is 0. The molecule has 0 spiro atoms. The molecule has 3 heterocycles. The number of piperidine rings is 1. The first kappa shape index (κ1) is 16.5. The Morgan fingerprint density at radius 2 is 1.96 bits per heavy atom. The Kier molecular flexibility index (Phi) is 4.53. The molecular formula is C20H21N5O. The highest BCUT2D eigenvalue weighted by atomic mass is 16.2. The molecule has 0 saturated carbocycles. The van der Waals surface area contributed by atoms with Crippen molar-refractivity contribution in [1.82, 2.24) is 14.9 Å². The minimum atomic E-state index is -0.0532. The molecular weight excluding hydrogens is 326 g/mol. The van der Waals surface area contributed by atoms with Crippen LogP contribution in [0.25, 0.3) is 0 Å². The number of aromatic nitrogens is 2. The van der Waals surface area contributed by atoms with Gasteiger partial charge in [-0.15, -0.1) is 0 Å². The summed E-state index contributed by atoms with van der Waals surface area (Å²) in [7, 11) is 0. The maximum Gasteiger partial charge on any atom is 0.227 e. The Morgan fingerprint density at radius 1 is 1.15 bits per heavy atom. The normalized spacial score (nSPS) is 19.6. The standard InChI is InChI=1S/C20H21N5O/c21-12-18-19(23-9-8-22-18)24-10-3-6-17(14-24)20(26)25-11-7-15-4-1-2-5-16(15)13-25/h1-2,4-5,8-9,17H,3,6-7,10-11,13-14H2. The number of nitrogens with zero attached hydrogens (tertiary/aromatic N) is 5. The van der Waals surface area contributed by atoms with E-state index in [0.29, 0.717) is 24.6 Å². The van der Waals surface area contributed by atoms with Gasteiger partial charge in [-0.25, -0.2) is 9.97 Å². The lowest BCUT2D eigenvalue weighted by Gasteiger charge is -2.37. The molecule has 1 atom stereocenters. The number of fused-ring (bicyclic) bond motifs is 1. The first-order chi connectivity index (χ1) is 12.8. The molecule has 1 saturated heterocycles. The van der Waals surface area contributed by atoms with Crippen molar-refractivity contribution in [1.29, 1.82) is 5.26 Å². The Bertz CT molecular complexity index is 859. The van der Waals surface area contributed by atoms with Crippen molar-refractivity contribution in [3.63, 3.8) is 0 Å². The van der Waals surface area contributed by atoms with Crippen molar-refractivity contribution in [2.75, 3.05) is 24.5 Å². The third-order valence-electron chi connectivity index (χ3n) is 5.30. The molecule has 1 aromatic carbocycles. The van der Waals surface area contributed by atoms with Crippen molar-refractivity contribution < 1.29 is 4.79 Å². The summed E-state index contributed by atoms with van der Waals surface area (Å²) in [5, 5.41) is 9.27. The topological polar surface area (TPSA) is 73.1 Å². The van der Waals surface area contributed by atoms with Crippen molar-refractivity contribution in [2.45, 2.75) is 25.8 Å². The number of carbonyl (C=O) groups is 1. The summed E-state index contributed by atoms with van der Waals surface area (Å²) in [4.78, 5) is 25.5. The van der Waals surface area contributed by atoms with Crippen LogP contribution in [0.2, 0.25) is 0 Å². The molecule has 0 aliphatic carbocycles. The van der Waals surface area contributed by atoms with Gasteiger partial charge in [0.05, 0.1) is 5.92 Å². The highest BCUT2D eigenvalue weighted by Gasteiger charge is 2.32. The van der Waals surface area contributed by atoms with E-state index in [0.717, 1.165) is 32.4 Å². The Hall–Kier alpha value is -2.94. The van der Waals surface area contributed by atoms with Gasteiger partial charge in [0.1, 0.15) is 6.07 Å². The maximum absolute atomic E-state index is 13.1. The zero-order valence-corrected chi connectivity index (χ0v) is 14.6. The van der Waals surface area contributed by atoms with Crippen molar-refractivity contribution >= 4 is 11.7 Å². The summed E-state index contributed by atoms with van der Waals surface area (Å²) in [5.41, 5.74) is 2.92. The van der Waals surface area contributed by atoms with Gasteiger partial charge in [-0.3, -0.25) is 4.79 Å². The SMILES string of the molecule is N#Cc1nccnc1N1CCCC(C(=O)N2CCc3ccccc3C2)C1. The molecule has 1 fully saturated rings.